The first kappa shape index (κ1) is 23.9. The van der Waals surface area contributed by atoms with Crippen molar-refractivity contribution in [2.24, 2.45) is 0 Å². The molecule has 0 aromatic carbocycles. The van der Waals surface area contributed by atoms with Crippen LogP contribution in [0.1, 0.15) is 6.92 Å². The normalized spacial score (nSPS) is 9.11. The fourth-order valence-electron chi connectivity index (χ4n) is 0. The molecule has 0 radical (unpaired) electrons. The molecule has 0 saturated heterocycles. The zero-order valence-corrected chi connectivity index (χ0v) is 5.09. The molecule has 0 aromatic heterocycles. The highest BCUT2D eigenvalue weighted by Gasteiger charge is 2.01. The van der Waals surface area contributed by atoms with Crippen molar-refractivity contribution in [3.05, 3.63) is 0 Å². The van der Waals surface area contributed by atoms with Gasteiger partial charge in [0.25, 0.3) is 0 Å². The van der Waals surface area contributed by atoms with E-state index in [1.54, 1.807) is 0 Å². The van der Waals surface area contributed by atoms with Gasteiger partial charge in [0, 0.05) is 0 Å². The largest absolute Gasteiger partial charge is 0.479 e. The van der Waals surface area contributed by atoms with E-state index in [1.165, 1.54) is 6.92 Å². The Bertz CT molecular complexity index is 63.2. The summed E-state index contributed by atoms with van der Waals surface area (Å²) in [6, 6.07) is 0. The SMILES string of the molecule is CC(O)C(=O)O.N.O.O. The summed E-state index contributed by atoms with van der Waals surface area (Å²) >= 11 is 0. The number of aliphatic hydroxyl groups excluding tert-OH is 1. The predicted molar refractivity (Wildman–Crippen MR) is 31.6 cm³/mol. The molecule has 6 nitrogen and oxygen atoms in total. The monoisotopic (exact) mass is 143 g/mol. The minimum Gasteiger partial charge on any atom is -0.479 e. The first-order valence-corrected chi connectivity index (χ1v) is 1.55. The van der Waals surface area contributed by atoms with E-state index in [4.69, 9.17) is 10.2 Å². The first-order chi connectivity index (χ1) is 2.64. The number of carboxylic acid groups (broad SMARTS) is 1. The van der Waals surface area contributed by atoms with Gasteiger partial charge < -0.3 is 27.3 Å². The lowest BCUT2D eigenvalue weighted by Gasteiger charge is -1.89. The van der Waals surface area contributed by atoms with Gasteiger partial charge >= 0.3 is 5.97 Å². The molecular formula is C3H13NO5. The fraction of sp³-hybridized carbons (Fsp3) is 0.667. The minimum absolute atomic E-state index is 0. The van der Waals surface area contributed by atoms with Gasteiger partial charge in [0.15, 0.2) is 0 Å². The molecule has 0 saturated carbocycles. The number of aliphatic carboxylic acids is 1. The van der Waals surface area contributed by atoms with Crippen LogP contribution in [0.2, 0.25) is 0 Å². The molecule has 0 fully saturated rings. The molecule has 9 heavy (non-hydrogen) atoms. The molecule has 0 aromatic rings. The third-order valence-corrected chi connectivity index (χ3v) is 0.357. The number of hydrogen-bond acceptors (Lipinski definition) is 3. The van der Waals surface area contributed by atoms with E-state index in [9.17, 15) is 4.79 Å². The second kappa shape index (κ2) is 10.3. The van der Waals surface area contributed by atoms with E-state index in [0.29, 0.717) is 0 Å². The molecule has 0 bridgehead atoms. The van der Waals surface area contributed by atoms with Crippen molar-refractivity contribution < 1.29 is 26.0 Å². The quantitative estimate of drug-likeness (QED) is 0.386. The van der Waals surface area contributed by atoms with Gasteiger partial charge in [-0.25, -0.2) is 4.79 Å². The highest BCUT2D eigenvalue weighted by molar-refractivity contribution is 5.71. The van der Waals surface area contributed by atoms with Crippen LogP contribution >= 0.6 is 0 Å². The molecule has 0 amide bonds. The summed E-state index contributed by atoms with van der Waals surface area (Å²) < 4.78 is 0. The van der Waals surface area contributed by atoms with Crippen LogP contribution in [0.5, 0.6) is 0 Å². The third-order valence-electron chi connectivity index (χ3n) is 0.357. The number of rotatable bonds is 1. The van der Waals surface area contributed by atoms with Crippen LogP contribution < -0.4 is 6.15 Å². The van der Waals surface area contributed by atoms with Crippen molar-refractivity contribution in [3.8, 4) is 0 Å². The average Bonchev–Trinajstić information content (AvgIpc) is 1.36. The summed E-state index contributed by atoms with van der Waals surface area (Å²) in [5.74, 6) is -1.19. The maximum Gasteiger partial charge on any atom is 0.332 e. The summed E-state index contributed by atoms with van der Waals surface area (Å²) in [7, 11) is 0. The zero-order chi connectivity index (χ0) is 5.15. The Morgan fingerprint density at radius 1 is 1.44 bits per heavy atom. The van der Waals surface area contributed by atoms with Crippen LogP contribution in [0, 0.1) is 0 Å². The summed E-state index contributed by atoms with van der Waals surface area (Å²) in [6.45, 7) is 1.20. The highest BCUT2D eigenvalue weighted by atomic mass is 16.4. The Balaban J connectivity index is -0.0000000417. The predicted octanol–water partition coefficient (Wildman–Crippen LogP) is -2.04. The van der Waals surface area contributed by atoms with Gasteiger partial charge in [-0.2, -0.15) is 0 Å². The van der Waals surface area contributed by atoms with Crippen molar-refractivity contribution in [2.75, 3.05) is 0 Å². The number of hydrogen-bond donors (Lipinski definition) is 3. The molecule has 9 N–H and O–H groups in total. The third kappa shape index (κ3) is 18.8. The van der Waals surface area contributed by atoms with Gasteiger partial charge in [-0.15, -0.1) is 0 Å². The van der Waals surface area contributed by atoms with Crippen LogP contribution in [-0.4, -0.2) is 33.2 Å². The molecule has 0 spiro atoms. The molecule has 1 unspecified atom stereocenters. The van der Waals surface area contributed by atoms with Crippen LogP contribution in [0.4, 0.5) is 0 Å². The molecule has 1 atom stereocenters. The lowest BCUT2D eigenvalue weighted by atomic mass is 10.4. The fourth-order valence-corrected chi connectivity index (χ4v) is 0. The Morgan fingerprint density at radius 2 is 1.56 bits per heavy atom. The molecule has 60 valence electrons. The Morgan fingerprint density at radius 3 is 1.56 bits per heavy atom. The van der Waals surface area contributed by atoms with Crippen molar-refractivity contribution in [2.45, 2.75) is 13.0 Å². The van der Waals surface area contributed by atoms with E-state index in [2.05, 4.69) is 0 Å². The molecule has 0 aliphatic heterocycles. The Kier molecular flexibility index (Phi) is 27.4. The average molecular weight is 143 g/mol. The maximum atomic E-state index is 9.45. The van der Waals surface area contributed by atoms with Crippen LogP contribution in [0.25, 0.3) is 0 Å². The van der Waals surface area contributed by atoms with Crippen molar-refractivity contribution in [3.63, 3.8) is 0 Å². The molecule has 0 aliphatic carbocycles. The van der Waals surface area contributed by atoms with Gasteiger partial charge in [0.05, 0.1) is 0 Å². The zero-order valence-electron chi connectivity index (χ0n) is 5.09. The lowest BCUT2D eigenvalue weighted by Crippen LogP contribution is -2.13. The van der Waals surface area contributed by atoms with Crippen molar-refractivity contribution >= 4 is 5.97 Å². The van der Waals surface area contributed by atoms with Gasteiger partial charge in [0.1, 0.15) is 6.10 Å². The molecule has 0 heterocycles. The molecule has 6 heteroatoms. The van der Waals surface area contributed by atoms with Crippen molar-refractivity contribution in [1.29, 1.82) is 0 Å². The molecular weight excluding hydrogens is 130 g/mol. The van der Waals surface area contributed by atoms with Crippen LogP contribution in [-0.2, 0) is 4.79 Å². The molecule has 0 aliphatic rings. The van der Waals surface area contributed by atoms with Gasteiger partial charge in [-0.05, 0) is 6.92 Å². The van der Waals surface area contributed by atoms with E-state index >= 15 is 0 Å². The first-order valence-electron chi connectivity index (χ1n) is 1.55. The maximum absolute atomic E-state index is 9.45. The Labute approximate surface area is 52.3 Å². The Hall–Kier alpha value is -0.690. The minimum atomic E-state index is -1.23. The van der Waals surface area contributed by atoms with Crippen LogP contribution in [0.3, 0.4) is 0 Å². The lowest BCUT2D eigenvalue weighted by molar-refractivity contribution is -0.145. The van der Waals surface area contributed by atoms with Crippen molar-refractivity contribution in [1.82, 2.24) is 6.15 Å². The van der Waals surface area contributed by atoms with Gasteiger partial charge in [-0.1, -0.05) is 0 Å². The van der Waals surface area contributed by atoms with E-state index in [0.717, 1.165) is 0 Å². The topological polar surface area (TPSA) is 156 Å². The highest BCUT2D eigenvalue weighted by Crippen LogP contribution is 1.73. The van der Waals surface area contributed by atoms with Crippen LogP contribution in [0.15, 0.2) is 0 Å². The number of aliphatic hydroxyl groups is 1. The van der Waals surface area contributed by atoms with Gasteiger partial charge in [-0.3, -0.25) is 0 Å². The van der Waals surface area contributed by atoms with E-state index in [-0.39, 0.29) is 17.1 Å². The summed E-state index contributed by atoms with van der Waals surface area (Å²) in [6.07, 6.45) is -1.23. The summed E-state index contributed by atoms with van der Waals surface area (Å²) in [5.41, 5.74) is 0. The number of carboxylic acids is 1. The standard InChI is InChI=1S/C3H6O3.H3N.2H2O/c1-2(4)3(5)6;;;/h2,4H,1H3,(H,5,6);1H3;2*1H2. The smallest absolute Gasteiger partial charge is 0.332 e. The second-order valence-corrected chi connectivity index (χ2v) is 1.01. The van der Waals surface area contributed by atoms with E-state index < -0.39 is 12.1 Å². The van der Waals surface area contributed by atoms with Gasteiger partial charge in [0.2, 0.25) is 0 Å². The second-order valence-electron chi connectivity index (χ2n) is 1.01. The summed E-state index contributed by atoms with van der Waals surface area (Å²) in [5, 5.41) is 15.8. The molecule has 0 rings (SSSR count). The summed E-state index contributed by atoms with van der Waals surface area (Å²) in [4.78, 5) is 9.45. The number of carbonyl (C=O) groups is 1. The van der Waals surface area contributed by atoms with E-state index in [1.807, 2.05) is 0 Å².